The molecule has 1 aliphatic heterocycles. The molecule has 25 heavy (non-hydrogen) atoms. The number of likely N-dealkylation sites (tertiary alicyclic amines) is 1. The Morgan fingerprint density at radius 1 is 1.20 bits per heavy atom. The summed E-state index contributed by atoms with van der Waals surface area (Å²) >= 11 is 1.41. The molecule has 132 valence electrons. The molecular weight excluding hydrogens is 340 g/mol. The molecule has 0 spiro atoms. The molecule has 0 N–H and O–H groups in total. The zero-order valence-electron chi connectivity index (χ0n) is 14.2. The van der Waals surface area contributed by atoms with Crippen LogP contribution >= 0.6 is 11.3 Å². The molecule has 1 fully saturated rings. The highest BCUT2D eigenvalue weighted by molar-refractivity contribution is 7.13. The summed E-state index contributed by atoms with van der Waals surface area (Å²) in [6.07, 6.45) is 2.43. The maximum atomic E-state index is 12.8. The van der Waals surface area contributed by atoms with Gasteiger partial charge in [0.1, 0.15) is 22.5 Å². The van der Waals surface area contributed by atoms with Crippen molar-refractivity contribution in [2.24, 2.45) is 0 Å². The van der Waals surface area contributed by atoms with Crippen LogP contribution in [-0.4, -0.2) is 48.6 Å². The van der Waals surface area contributed by atoms with Crippen molar-refractivity contribution in [1.82, 2.24) is 9.88 Å². The fraction of sp³-hybridized carbons (Fsp3) is 0.389. The van der Waals surface area contributed by atoms with Crippen LogP contribution in [0.3, 0.4) is 0 Å². The molecule has 6 nitrogen and oxygen atoms in total. The van der Waals surface area contributed by atoms with Crippen LogP contribution in [0.4, 0.5) is 0 Å². The van der Waals surface area contributed by atoms with Crippen molar-refractivity contribution in [3.63, 3.8) is 0 Å². The van der Waals surface area contributed by atoms with Crippen molar-refractivity contribution in [2.45, 2.75) is 25.3 Å². The lowest BCUT2D eigenvalue weighted by atomic mass is 10.0. The van der Waals surface area contributed by atoms with Gasteiger partial charge in [-0.1, -0.05) is 0 Å². The Labute approximate surface area is 150 Å². The second-order valence-electron chi connectivity index (χ2n) is 5.80. The van der Waals surface area contributed by atoms with Crippen LogP contribution in [0.2, 0.25) is 0 Å². The number of hydrogen-bond donors (Lipinski definition) is 0. The Morgan fingerprint density at radius 3 is 2.64 bits per heavy atom. The van der Waals surface area contributed by atoms with Gasteiger partial charge in [-0.05, 0) is 43.5 Å². The van der Waals surface area contributed by atoms with Crippen LogP contribution in [0.5, 0.6) is 5.75 Å². The first kappa shape index (κ1) is 17.4. The quantitative estimate of drug-likeness (QED) is 0.784. The van der Waals surface area contributed by atoms with Crippen LogP contribution in [0.15, 0.2) is 29.6 Å². The molecule has 2 aromatic rings. The van der Waals surface area contributed by atoms with E-state index in [9.17, 15) is 9.59 Å². The summed E-state index contributed by atoms with van der Waals surface area (Å²) in [5, 5.41) is 2.50. The van der Waals surface area contributed by atoms with E-state index in [1.807, 2.05) is 24.3 Å². The molecule has 1 aromatic carbocycles. The Bertz CT molecular complexity index is 757. The Balaban J connectivity index is 1.80. The largest absolute Gasteiger partial charge is 0.497 e. The second-order valence-corrected chi connectivity index (χ2v) is 6.66. The van der Waals surface area contributed by atoms with Crippen molar-refractivity contribution in [1.29, 1.82) is 0 Å². The normalized spacial score (nSPS) is 17.2. The van der Waals surface area contributed by atoms with Gasteiger partial charge in [-0.3, -0.25) is 4.79 Å². The van der Waals surface area contributed by atoms with E-state index in [4.69, 9.17) is 9.47 Å². The van der Waals surface area contributed by atoms with Crippen molar-refractivity contribution in [3.05, 3.63) is 35.3 Å². The van der Waals surface area contributed by atoms with Crippen molar-refractivity contribution in [3.8, 4) is 16.3 Å². The van der Waals surface area contributed by atoms with Crippen LogP contribution in [-0.2, 0) is 9.53 Å². The van der Waals surface area contributed by atoms with Crippen molar-refractivity contribution in [2.75, 3.05) is 20.8 Å². The number of esters is 1. The zero-order valence-corrected chi connectivity index (χ0v) is 15.0. The molecule has 1 amide bonds. The van der Waals surface area contributed by atoms with Gasteiger partial charge in [-0.25, -0.2) is 9.78 Å². The summed E-state index contributed by atoms with van der Waals surface area (Å²) in [5.41, 5.74) is 1.29. The summed E-state index contributed by atoms with van der Waals surface area (Å²) < 4.78 is 9.99. The highest BCUT2D eigenvalue weighted by Crippen LogP contribution is 2.27. The van der Waals surface area contributed by atoms with Crippen LogP contribution in [0, 0.1) is 0 Å². The summed E-state index contributed by atoms with van der Waals surface area (Å²) in [7, 11) is 2.97. The third-order valence-corrected chi connectivity index (χ3v) is 5.19. The molecule has 0 aliphatic carbocycles. The SMILES string of the molecule is COC(=O)C1CCCCN1C(=O)c1csc(-c2ccc(OC)cc2)n1. The average Bonchev–Trinajstić information content (AvgIpc) is 3.17. The minimum Gasteiger partial charge on any atom is -0.497 e. The standard InChI is InChI=1S/C18H20N2O4S/c1-23-13-8-6-12(7-9-13)16-19-14(11-25-16)17(21)20-10-4-3-5-15(20)18(22)24-2/h6-9,11,15H,3-5,10H2,1-2H3. The van der Waals surface area contributed by atoms with E-state index in [0.29, 0.717) is 18.7 Å². The van der Waals surface area contributed by atoms with E-state index in [1.165, 1.54) is 18.4 Å². The van der Waals surface area contributed by atoms with Gasteiger partial charge in [0, 0.05) is 17.5 Å². The molecular formula is C18H20N2O4S. The first-order valence-corrected chi connectivity index (χ1v) is 9.00. The third kappa shape index (κ3) is 3.66. The molecule has 1 aliphatic rings. The molecule has 0 bridgehead atoms. The van der Waals surface area contributed by atoms with Crippen molar-refractivity contribution >= 4 is 23.2 Å². The fourth-order valence-electron chi connectivity index (χ4n) is 2.94. The lowest BCUT2D eigenvalue weighted by Gasteiger charge is -2.33. The Hall–Kier alpha value is -2.41. The van der Waals surface area contributed by atoms with Crippen LogP contribution < -0.4 is 4.74 Å². The Kier molecular flexibility index (Phi) is 5.33. The number of piperidine rings is 1. The van der Waals surface area contributed by atoms with Gasteiger partial charge in [0.15, 0.2) is 0 Å². The summed E-state index contributed by atoms with van der Waals surface area (Å²) in [6, 6.07) is 7.01. The summed E-state index contributed by atoms with van der Waals surface area (Å²) in [6.45, 7) is 0.550. The predicted molar refractivity (Wildman–Crippen MR) is 94.8 cm³/mol. The molecule has 7 heteroatoms. The summed E-state index contributed by atoms with van der Waals surface area (Å²) in [5.74, 6) is 0.190. The van der Waals surface area contributed by atoms with Gasteiger partial charge in [0.2, 0.25) is 0 Å². The molecule has 1 aromatic heterocycles. The number of carbonyl (C=O) groups excluding carboxylic acids is 2. The molecule has 1 atom stereocenters. The second kappa shape index (κ2) is 7.65. The number of thiazole rings is 1. The lowest BCUT2D eigenvalue weighted by molar-refractivity contribution is -0.147. The highest BCUT2D eigenvalue weighted by atomic mass is 32.1. The van der Waals surface area contributed by atoms with E-state index in [-0.39, 0.29) is 11.9 Å². The van der Waals surface area contributed by atoms with Gasteiger partial charge in [0.05, 0.1) is 14.2 Å². The minimum atomic E-state index is -0.516. The number of carbonyl (C=O) groups is 2. The highest BCUT2D eigenvalue weighted by Gasteiger charge is 2.34. The van der Waals surface area contributed by atoms with E-state index in [2.05, 4.69) is 4.98 Å². The number of ether oxygens (including phenoxy) is 2. The number of rotatable bonds is 4. The topological polar surface area (TPSA) is 68.7 Å². The smallest absolute Gasteiger partial charge is 0.328 e. The monoisotopic (exact) mass is 360 g/mol. The molecule has 0 saturated carbocycles. The van der Waals surface area contributed by atoms with Gasteiger partial charge in [-0.15, -0.1) is 11.3 Å². The molecule has 3 rings (SSSR count). The van der Waals surface area contributed by atoms with Gasteiger partial charge in [-0.2, -0.15) is 0 Å². The maximum Gasteiger partial charge on any atom is 0.328 e. The van der Waals surface area contributed by atoms with Crippen LogP contribution in [0.1, 0.15) is 29.8 Å². The summed E-state index contributed by atoms with van der Waals surface area (Å²) in [4.78, 5) is 30.8. The van der Waals surface area contributed by atoms with E-state index in [1.54, 1.807) is 17.4 Å². The number of benzene rings is 1. The van der Waals surface area contributed by atoms with Crippen molar-refractivity contribution < 1.29 is 19.1 Å². The number of aromatic nitrogens is 1. The first-order chi connectivity index (χ1) is 12.1. The van der Waals surface area contributed by atoms with E-state index in [0.717, 1.165) is 29.2 Å². The molecule has 1 saturated heterocycles. The average molecular weight is 360 g/mol. The van der Waals surface area contributed by atoms with E-state index < -0.39 is 6.04 Å². The Morgan fingerprint density at radius 2 is 1.96 bits per heavy atom. The third-order valence-electron chi connectivity index (χ3n) is 4.30. The number of nitrogens with zero attached hydrogens (tertiary/aromatic N) is 2. The van der Waals surface area contributed by atoms with Gasteiger partial charge in [0.25, 0.3) is 5.91 Å². The van der Waals surface area contributed by atoms with Crippen LogP contribution in [0.25, 0.3) is 10.6 Å². The van der Waals surface area contributed by atoms with Gasteiger partial charge >= 0.3 is 5.97 Å². The zero-order chi connectivity index (χ0) is 17.8. The predicted octanol–water partition coefficient (Wildman–Crippen LogP) is 2.99. The molecule has 1 unspecified atom stereocenters. The van der Waals surface area contributed by atoms with E-state index >= 15 is 0 Å². The van der Waals surface area contributed by atoms with Gasteiger partial charge < -0.3 is 14.4 Å². The first-order valence-electron chi connectivity index (χ1n) is 8.13. The molecule has 2 heterocycles. The maximum absolute atomic E-state index is 12.8. The lowest BCUT2D eigenvalue weighted by Crippen LogP contribution is -2.48. The number of methoxy groups -OCH3 is 2. The molecule has 0 radical (unpaired) electrons. The number of hydrogen-bond acceptors (Lipinski definition) is 6. The minimum absolute atomic E-state index is 0.217. The fourth-order valence-corrected chi connectivity index (χ4v) is 3.74. The number of amides is 1.